The van der Waals surface area contributed by atoms with Gasteiger partial charge in [0, 0.05) is 26.0 Å². The minimum Gasteiger partial charge on any atom is -0.372 e. The fraction of sp³-hybridized carbons (Fsp3) is 0.333. The zero-order valence-corrected chi connectivity index (χ0v) is 11.1. The summed E-state index contributed by atoms with van der Waals surface area (Å²) in [7, 11) is 3.72. The summed E-state index contributed by atoms with van der Waals surface area (Å²) in [6.07, 6.45) is 3.54. The van der Waals surface area contributed by atoms with E-state index in [0.29, 0.717) is 12.4 Å². The Labute approximate surface area is 110 Å². The van der Waals surface area contributed by atoms with Crippen LogP contribution in [-0.2, 0) is 13.6 Å². The smallest absolute Gasteiger partial charge is 0.163 e. The standard InChI is InChI=1S/C12H15N7/c1-8-4-5-14-19(8)7-10-16-11(13-2)9-6-15-18(3)12(9)17-10/h4-6H,7H2,1-3H3,(H,13,16,17). The normalized spacial score (nSPS) is 11.1. The van der Waals surface area contributed by atoms with Crippen molar-refractivity contribution < 1.29 is 0 Å². The van der Waals surface area contributed by atoms with E-state index < -0.39 is 0 Å². The van der Waals surface area contributed by atoms with Crippen LogP contribution in [0.4, 0.5) is 5.82 Å². The van der Waals surface area contributed by atoms with Crippen LogP contribution in [0, 0.1) is 6.92 Å². The van der Waals surface area contributed by atoms with E-state index >= 15 is 0 Å². The molecule has 7 nitrogen and oxygen atoms in total. The number of fused-ring (bicyclic) bond motifs is 1. The first kappa shape index (κ1) is 11.6. The first-order chi connectivity index (χ1) is 9.19. The van der Waals surface area contributed by atoms with E-state index in [9.17, 15) is 0 Å². The van der Waals surface area contributed by atoms with E-state index in [4.69, 9.17) is 0 Å². The molecule has 0 aliphatic heterocycles. The Morgan fingerprint density at radius 3 is 2.79 bits per heavy atom. The highest BCUT2D eigenvalue weighted by molar-refractivity contribution is 5.86. The predicted octanol–water partition coefficient (Wildman–Crippen LogP) is 0.958. The molecule has 0 radical (unpaired) electrons. The maximum Gasteiger partial charge on any atom is 0.163 e. The number of nitrogens with zero attached hydrogens (tertiary/aromatic N) is 6. The summed E-state index contributed by atoms with van der Waals surface area (Å²) in [6, 6.07) is 1.96. The first-order valence-corrected chi connectivity index (χ1v) is 6.04. The van der Waals surface area contributed by atoms with E-state index in [1.807, 2.05) is 31.8 Å². The van der Waals surface area contributed by atoms with Gasteiger partial charge in [0.05, 0.1) is 11.6 Å². The fourth-order valence-corrected chi connectivity index (χ4v) is 2.03. The number of anilines is 1. The lowest BCUT2D eigenvalue weighted by Crippen LogP contribution is -2.09. The minimum atomic E-state index is 0.550. The highest BCUT2D eigenvalue weighted by Crippen LogP contribution is 2.19. The van der Waals surface area contributed by atoms with Crippen molar-refractivity contribution in [3.63, 3.8) is 0 Å². The molecule has 7 heteroatoms. The molecular formula is C12H15N7. The van der Waals surface area contributed by atoms with Crippen LogP contribution in [0.15, 0.2) is 18.5 Å². The topological polar surface area (TPSA) is 73.5 Å². The van der Waals surface area contributed by atoms with Crippen molar-refractivity contribution in [2.75, 3.05) is 12.4 Å². The van der Waals surface area contributed by atoms with Gasteiger partial charge in [-0.25, -0.2) is 9.97 Å². The van der Waals surface area contributed by atoms with Crippen LogP contribution in [0.5, 0.6) is 0 Å². The third kappa shape index (κ3) is 1.92. The quantitative estimate of drug-likeness (QED) is 0.756. The number of hydrogen-bond donors (Lipinski definition) is 1. The second-order valence-electron chi connectivity index (χ2n) is 4.37. The SMILES string of the molecule is CNc1nc(Cn2nccc2C)nc2c1cnn2C. The van der Waals surface area contributed by atoms with Gasteiger partial charge >= 0.3 is 0 Å². The van der Waals surface area contributed by atoms with Crippen molar-refractivity contribution in [3.8, 4) is 0 Å². The van der Waals surface area contributed by atoms with Crippen LogP contribution in [0.25, 0.3) is 11.0 Å². The highest BCUT2D eigenvalue weighted by atomic mass is 15.3. The highest BCUT2D eigenvalue weighted by Gasteiger charge is 2.11. The van der Waals surface area contributed by atoms with Crippen molar-refractivity contribution in [1.82, 2.24) is 29.5 Å². The molecule has 0 unspecified atom stereocenters. The Hall–Kier alpha value is -2.44. The van der Waals surface area contributed by atoms with Gasteiger partial charge < -0.3 is 5.32 Å². The monoisotopic (exact) mass is 257 g/mol. The Morgan fingerprint density at radius 1 is 1.26 bits per heavy atom. The zero-order valence-electron chi connectivity index (χ0n) is 11.1. The van der Waals surface area contributed by atoms with Crippen LogP contribution < -0.4 is 5.32 Å². The lowest BCUT2D eigenvalue weighted by Gasteiger charge is -2.07. The van der Waals surface area contributed by atoms with Gasteiger partial charge in [0.25, 0.3) is 0 Å². The fourth-order valence-electron chi connectivity index (χ4n) is 2.03. The Kier molecular flexibility index (Phi) is 2.66. The molecule has 3 aromatic heterocycles. The molecule has 0 aliphatic carbocycles. The molecule has 0 aromatic carbocycles. The molecule has 98 valence electrons. The van der Waals surface area contributed by atoms with Gasteiger partial charge in [0.2, 0.25) is 0 Å². The lowest BCUT2D eigenvalue weighted by molar-refractivity contribution is 0.637. The molecule has 0 saturated carbocycles. The lowest BCUT2D eigenvalue weighted by atomic mass is 10.3. The third-order valence-electron chi connectivity index (χ3n) is 3.10. The number of aromatic nitrogens is 6. The van der Waals surface area contributed by atoms with Gasteiger partial charge in [0.1, 0.15) is 12.4 Å². The van der Waals surface area contributed by atoms with Gasteiger partial charge in [-0.15, -0.1) is 0 Å². The molecular weight excluding hydrogens is 242 g/mol. The summed E-state index contributed by atoms with van der Waals surface area (Å²) in [6.45, 7) is 2.56. The van der Waals surface area contributed by atoms with Crippen molar-refractivity contribution in [3.05, 3.63) is 30.0 Å². The Bertz CT molecular complexity index is 725. The summed E-state index contributed by atoms with van der Waals surface area (Å²) in [4.78, 5) is 9.06. The molecule has 3 aromatic rings. The maximum atomic E-state index is 4.55. The maximum absolute atomic E-state index is 4.55. The minimum absolute atomic E-state index is 0.550. The van der Waals surface area contributed by atoms with Gasteiger partial charge in [-0.1, -0.05) is 0 Å². The molecule has 0 amide bonds. The van der Waals surface area contributed by atoms with E-state index in [1.54, 1.807) is 17.1 Å². The summed E-state index contributed by atoms with van der Waals surface area (Å²) in [5.41, 5.74) is 1.90. The molecule has 0 aliphatic rings. The molecule has 3 rings (SSSR count). The van der Waals surface area contributed by atoms with Gasteiger partial charge in [-0.2, -0.15) is 10.2 Å². The van der Waals surface area contributed by atoms with E-state index in [1.165, 1.54) is 0 Å². The molecule has 0 spiro atoms. The number of aryl methyl sites for hydroxylation is 2. The summed E-state index contributed by atoms with van der Waals surface area (Å²) in [5.74, 6) is 1.50. The van der Waals surface area contributed by atoms with Crippen LogP contribution >= 0.6 is 0 Å². The van der Waals surface area contributed by atoms with Gasteiger partial charge in [-0.3, -0.25) is 9.36 Å². The number of nitrogens with one attached hydrogen (secondary N) is 1. The van der Waals surface area contributed by atoms with E-state index in [0.717, 1.165) is 22.5 Å². The number of rotatable bonds is 3. The summed E-state index contributed by atoms with van der Waals surface area (Å²) in [5, 5.41) is 12.5. The van der Waals surface area contributed by atoms with Crippen molar-refractivity contribution in [2.24, 2.45) is 7.05 Å². The van der Waals surface area contributed by atoms with Crippen molar-refractivity contribution >= 4 is 16.9 Å². The van der Waals surface area contributed by atoms with E-state index in [2.05, 4.69) is 25.5 Å². The van der Waals surface area contributed by atoms with Crippen molar-refractivity contribution in [2.45, 2.75) is 13.5 Å². The molecule has 0 fully saturated rings. The summed E-state index contributed by atoms with van der Waals surface area (Å²) >= 11 is 0. The Balaban J connectivity index is 2.09. The zero-order chi connectivity index (χ0) is 13.4. The largest absolute Gasteiger partial charge is 0.372 e. The average molecular weight is 257 g/mol. The van der Waals surface area contributed by atoms with Gasteiger partial charge in [0.15, 0.2) is 11.5 Å². The molecule has 0 atom stereocenters. The summed E-state index contributed by atoms with van der Waals surface area (Å²) < 4.78 is 3.62. The molecule has 19 heavy (non-hydrogen) atoms. The molecule has 1 N–H and O–H groups in total. The Morgan fingerprint density at radius 2 is 2.11 bits per heavy atom. The molecule has 0 bridgehead atoms. The van der Waals surface area contributed by atoms with Gasteiger partial charge in [-0.05, 0) is 13.0 Å². The number of hydrogen-bond acceptors (Lipinski definition) is 5. The second kappa shape index (κ2) is 4.34. The van der Waals surface area contributed by atoms with E-state index in [-0.39, 0.29) is 0 Å². The van der Waals surface area contributed by atoms with Crippen LogP contribution in [0.2, 0.25) is 0 Å². The van der Waals surface area contributed by atoms with Crippen LogP contribution in [-0.4, -0.2) is 36.6 Å². The van der Waals surface area contributed by atoms with Crippen molar-refractivity contribution in [1.29, 1.82) is 0 Å². The van der Waals surface area contributed by atoms with Crippen LogP contribution in [0.3, 0.4) is 0 Å². The van der Waals surface area contributed by atoms with Crippen LogP contribution in [0.1, 0.15) is 11.5 Å². The molecule has 3 heterocycles. The second-order valence-corrected chi connectivity index (χ2v) is 4.37. The predicted molar refractivity (Wildman–Crippen MR) is 71.9 cm³/mol. The molecule has 0 saturated heterocycles. The third-order valence-corrected chi connectivity index (χ3v) is 3.10. The average Bonchev–Trinajstić information content (AvgIpc) is 2.97. The first-order valence-electron chi connectivity index (χ1n) is 6.04.